The minimum atomic E-state index is -0.187. The lowest BCUT2D eigenvalue weighted by Gasteiger charge is -2.36. The Hall–Kier alpha value is -1.97. The van der Waals surface area contributed by atoms with Gasteiger partial charge in [0.15, 0.2) is 5.76 Å². The topological polar surface area (TPSA) is 56.1 Å². The van der Waals surface area contributed by atoms with E-state index in [1.54, 1.807) is 4.90 Å². The van der Waals surface area contributed by atoms with Crippen LogP contribution >= 0.6 is 0 Å². The lowest BCUT2D eigenvalue weighted by molar-refractivity contribution is 0.0963. The van der Waals surface area contributed by atoms with Gasteiger partial charge in [0.1, 0.15) is 6.17 Å². The number of hydrogen-bond donors (Lipinski definition) is 2. The quantitative estimate of drug-likeness (QED) is 0.889. The SMILES string of the molecule is CC(C)(C)CN1C(O)=C(O)C=NC1Cc1ccccc1. The summed E-state index contributed by atoms with van der Waals surface area (Å²) in [6.07, 6.45) is 1.85. The fraction of sp³-hybridized carbons (Fsp3) is 0.438. The molecule has 4 heteroatoms. The molecule has 2 rings (SSSR count). The van der Waals surface area contributed by atoms with Gasteiger partial charge in [0.05, 0.1) is 6.21 Å². The zero-order valence-electron chi connectivity index (χ0n) is 12.2. The molecule has 0 aliphatic carbocycles. The Kier molecular flexibility index (Phi) is 4.02. The molecule has 20 heavy (non-hydrogen) atoms. The monoisotopic (exact) mass is 274 g/mol. The molecule has 0 saturated heterocycles. The third-order valence-electron chi connectivity index (χ3n) is 3.14. The molecule has 2 N–H and O–H groups in total. The number of rotatable bonds is 3. The molecule has 0 spiro atoms. The molecule has 0 aromatic heterocycles. The summed E-state index contributed by atoms with van der Waals surface area (Å²) in [4.78, 5) is 6.12. The average Bonchev–Trinajstić information content (AvgIpc) is 2.38. The van der Waals surface area contributed by atoms with Crippen LogP contribution in [0.5, 0.6) is 0 Å². The molecule has 4 nitrogen and oxygen atoms in total. The van der Waals surface area contributed by atoms with Crippen molar-refractivity contribution in [1.82, 2.24) is 4.90 Å². The predicted octanol–water partition coefficient (Wildman–Crippen LogP) is 3.27. The van der Waals surface area contributed by atoms with Crippen LogP contribution in [0.2, 0.25) is 0 Å². The summed E-state index contributed by atoms with van der Waals surface area (Å²) in [6.45, 7) is 6.90. The standard InChI is InChI=1S/C16H22N2O2/c1-16(2,3)11-18-14(17-10-13(19)15(18)20)9-12-7-5-4-6-8-12/h4-8,10,14,19-20H,9,11H2,1-3H3. The van der Waals surface area contributed by atoms with Gasteiger partial charge in [0.25, 0.3) is 0 Å². The molecule has 0 saturated carbocycles. The number of aliphatic hydroxyl groups is 2. The molecule has 1 aliphatic heterocycles. The summed E-state index contributed by atoms with van der Waals surface area (Å²) in [5.74, 6) is -0.255. The summed E-state index contributed by atoms with van der Waals surface area (Å²) in [6, 6.07) is 10.0. The maximum absolute atomic E-state index is 10.1. The van der Waals surface area contributed by atoms with Crippen molar-refractivity contribution in [2.24, 2.45) is 10.4 Å². The van der Waals surface area contributed by atoms with Crippen LogP contribution in [0.25, 0.3) is 0 Å². The van der Waals surface area contributed by atoms with E-state index in [2.05, 4.69) is 25.8 Å². The highest BCUT2D eigenvalue weighted by Crippen LogP contribution is 2.25. The van der Waals surface area contributed by atoms with Gasteiger partial charge in [-0.2, -0.15) is 0 Å². The molecule has 1 aromatic rings. The largest absolute Gasteiger partial charge is 0.502 e. The molecule has 0 radical (unpaired) electrons. The van der Waals surface area contributed by atoms with Crippen molar-refractivity contribution >= 4 is 6.21 Å². The summed E-state index contributed by atoms with van der Waals surface area (Å²) < 4.78 is 0. The zero-order chi connectivity index (χ0) is 14.8. The predicted molar refractivity (Wildman–Crippen MR) is 80.9 cm³/mol. The smallest absolute Gasteiger partial charge is 0.233 e. The Bertz CT molecular complexity index is 515. The highest BCUT2D eigenvalue weighted by atomic mass is 16.3. The van der Waals surface area contributed by atoms with Crippen molar-refractivity contribution in [3.8, 4) is 0 Å². The molecule has 1 unspecified atom stereocenters. The zero-order valence-corrected chi connectivity index (χ0v) is 12.2. The van der Waals surface area contributed by atoms with Gasteiger partial charge in [-0.15, -0.1) is 0 Å². The molecule has 1 aliphatic rings. The Labute approximate surface area is 120 Å². The lowest BCUT2D eigenvalue weighted by atomic mass is 9.95. The van der Waals surface area contributed by atoms with Crippen LogP contribution in [-0.4, -0.2) is 34.0 Å². The third kappa shape index (κ3) is 3.53. The second kappa shape index (κ2) is 5.57. The molecule has 1 atom stereocenters. The van der Waals surface area contributed by atoms with Crippen LogP contribution in [0.15, 0.2) is 47.0 Å². The minimum Gasteiger partial charge on any atom is -0.502 e. The number of benzene rings is 1. The first-order chi connectivity index (χ1) is 9.37. The van der Waals surface area contributed by atoms with Gasteiger partial charge in [-0.1, -0.05) is 51.1 Å². The molecule has 0 fully saturated rings. The van der Waals surface area contributed by atoms with E-state index in [-0.39, 0.29) is 23.2 Å². The van der Waals surface area contributed by atoms with Crippen LogP contribution in [0, 0.1) is 5.41 Å². The van der Waals surface area contributed by atoms with E-state index in [4.69, 9.17) is 0 Å². The molecule has 1 heterocycles. The van der Waals surface area contributed by atoms with E-state index < -0.39 is 0 Å². The van der Waals surface area contributed by atoms with E-state index in [1.165, 1.54) is 6.21 Å². The summed E-state index contributed by atoms with van der Waals surface area (Å²) in [5, 5.41) is 19.8. The minimum absolute atomic E-state index is 0.00391. The Balaban J connectivity index is 2.20. The Morgan fingerprint density at radius 3 is 2.40 bits per heavy atom. The number of hydrogen-bond acceptors (Lipinski definition) is 4. The van der Waals surface area contributed by atoms with Crippen molar-refractivity contribution < 1.29 is 10.2 Å². The highest BCUT2D eigenvalue weighted by molar-refractivity contribution is 5.76. The molecular weight excluding hydrogens is 252 g/mol. The second-order valence-corrected chi connectivity index (χ2v) is 6.35. The van der Waals surface area contributed by atoms with Crippen molar-refractivity contribution in [2.45, 2.75) is 33.4 Å². The van der Waals surface area contributed by atoms with Gasteiger partial charge in [0.2, 0.25) is 5.88 Å². The average molecular weight is 274 g/mol. The van der Waals surface area contributed by atoms with Gasteiger partial charge >= 0.3 is 0 Å². The fourth-order valence-electron chi connectivity index (χ4n) is 2.26. The normalized spacial score (nSPS) is 19.6. The van der Waals surface area contributed by atoms with Crippen molar-refractivity contribution in [3.63, 3.8) is 0 Å². The second-order valence-electron chi connectivity index (χ2n) is 6.35. The van der Waals surface area contributed by atoms with E-state index in [0.717, 1.165) is 5.56 Å². The van der Waals surface area contributed by atoms with Crippen molar-refractivity contribution in [1.29, 1.82) is 0 Å². The van der Waals surface area contributed by atoms with Crippen LogP contribution in [-0.2, 0) is 6.42 Å². The van der Waals surface area contributed by atoms with E-state index >= 15 is 0 Å². The van der Waals surface area contributed by atoms with Crippen LogP contribution in [0.4, 0.5) is 0 Å². The molecule has 0 bridgehead atoms. The lowest BCUT2D eigenvalue weighted by Crippen LogP contribution is -2.43. The maximum atomic E-state index is 10.1. The number of aliphatic hydroxyl groups excluding tert-OH is 2. The third-order valence-corrected chi connectivity index (χ3v) is 3.14. The number of allylic oxidation sites excluding steroid dienone is 1. The first-order valence-corrected chi connectivity index (χ1v) is 6.83. The summed E-state index contributed by atoms with van der Waals surface area (Å²) in [7, 11) is 0. The Morgan fingerprint density at radius 2 is 1.80 bits per heavy atom. The van der Waals surface area contributed by atoms with Gasteiger partial charge in [-0.3, -0.25) is 4.99 Å². The number of nitrogens with zero attached hydrogens (tertiary/aromatic N) is 2. The van der Waals surface area contributed by atoms with Crippen LogP contribution < -0.4 is 0 Å². The summed E-state index contributed by atoms with van der Waals surface area (Å²) >= 11 is 0. The maximum Gasteiger partial charge on any atom is 0.233 e. The summed E-state index contributed by atoms with van der Waals surface area (Å²) in [5.41, 5.74) is 1.15. The van der Waals surface area contributed by atoms with Crippen LogP contribution in [0.1, 0.15) is 26.3 Å². The van der Waals surface area contributed by atoms with Gasteiger partial charge < -0.3 is 15.1 Å². The van der Waals surface area contributed by atoms with E-state index in [9.17, 15) is 10.2 Å². The highest BCUT2D eigenvalue weighted by Gasteiger charge is 2.29. The van der Waals surface area contributed by atoms with E-state index in [1.807, 2.05) is 30.3 Å². The number of aliphatic imine (C=N–C) groups is 1. The van der Waals surface area contributed by atoms with E-state index in [0.29, 0.717) is 13.0 Å². The van der Waals surface area contributed by atoms with Gasteiger partial charge in [0, 0.05) is 13.0 Å². The molecule has 0 amide bonds. The van der Waals surface area contributed by atoms with Crippen molar-refractivity contribution in [2.75, 3.05) is 6.54 Å². The Morgan fingerprint density at radius 1 is 1.15 bits per heavy atom. The molecule has 1 aromatic carbocycles. The molecule has 108 valence electrons. The molecular formula is C16H22N2O2. The van der Waals surface area contributed by atoms with Crippen LogP contribution in [0.3, 0.4) is 0 Å². The van der Waals surface area contributed by atoms with Gasteiger partial charge in [-0.25, -0.2) is 0 Å². The first-order valence-electron chi connectivity index (χ1n) is 6.83. The van der Waals surface area contributed by atoms with Crippen molar-refractivity contribution in [3.05, 3.63) is 47.5 Å². The van der Waals surface area contributed by atoms with Gasteiger partial charge in [-0.05, 0) is 11.0 Å². The fourth-order valence-corrected chi connectivity index (χ4v) is 2.26. The first kappa shape index (κ1) is 14.4.